The lowest BCUT2D eigenvalue weighted by molar-refractivity contribution is 0.147. The first-order valence-corrected chi connectivity index (χ1v) is 3.17. The van der Waals surface area contributed by atoms with Crippen molar-refractivity contribution in [3.05, 3.63) is 29.3 Å². The number of rotatable bonds is 1. The fourth-order valence-electron chi connectivity index (χ4n) is 0.880. The number of hydrogen-bond donors (Lipinski definition) is 1. The minimum Gasteiger partial charge on any atom is -0.507 e. The number of nitrogens with zero attached hydrogens (tertiary/aromatic N) is 1. The van der Waals surface area contributed by atoms with Gasteiger partial charge in [-0.3, -0.25) is 0 Å². The molecule has 0 radical (unpaired) electrons. The van der Waals surface area contributed by atoms with Gasteiger partial charge in [0.15, 0.2) is 0 Å². The predicted octanol–water partition coefficient (Wildman–Crippen LogP) is 2.20. The van der Waals surface area contributed by atoms with Crippen LogP contribution in [-0.4, -0.2) is 5.11 Å². The molecule has 0 bridgehead atoms. The smallest absolute Gasteiger partial charge is 0.268 e. The van der Waals surface area contributed by atoms with Gasteiger partial charge in [0.25, 0.3) is 6.43 Å². The van der Waals surface area contributed by atoms with Crippen LogP contribution in [0.2, 0.25) is 0 Å². The van der Waals surface area contributed by atoms with Crippen molar-refractivity contribution < 1.29 is 13.9 Å². The van der Waals surface area contributed by atoms with Gasteiger partial charge in [-0.15, -0.1) is 0 Å². The van der Waals surface area contributed by atoms with E-state index in [2.05, 4.69) is 0 Å². The van der Waals surface area contributed by atoms with E-state index >= 15 is 0 Å². The van der Waals surface area contributed by atoms with Crippen LogP contribution >= 0.6 is 0 Å². The molecule has 0 unspecified atom stereocenters. The van der Waals surface area contributed by atoms with Crippen molar-refractivity contribution >= 4 is 0 Å². The van der Waals surface area contributed by atoms with Gasteiger partial charge in [0.1, 0.15) is 5.75 Å². The van der Waals surface area contributed by atoms with E-state index in [1.54, 1.807) is 6.07 Å². The zero-order chi connectivity index (χ0) is 9.14. The summed E-state index contributed by atoms with van der Waals surface area (Å²) in [7, 11) is 0. The topological polar surface area (TPSA) is 44.0 Å². The monoisotopic (exact) mass is 169 g/mol. The van der Waals surface area contributed by atoms with Gasteiger partial charge in [-0.05, 0) is 12.1 Å². The van der Waals surface area contributed by atoms with Crippen LogP contribution < -0.4 is 0 Å². The van der Waals surface area contributed by atoms with Gasteiger partial charge in [-0.1, -0.05) is 6.07 Å². The Morgan fingerprint density at radius 3 is 2.50 bits per heavy atom. The molecule has 0 aliphatic rings. The van der Waals surface area contributed by atoms with E-state index in [0.717, 1.165) is 6.07 Å². The predicted molar refractivity (Wildman–Crippen MR) is 37.8 cm³/mol. The highest BCUT2D eigenvalue weighted by atomic mass is 19.3. The van der Waals surface area contributed by atoms with Crippen LogP contribution in [0.4, 0.5) is 8.78 Å². The first-order valence-electron chi connectivity index (χ1n) is 3.17. The van der Waals surface area contributed by atoms with Crippen LogP contribution in [0.3, 0.4) is 0 Å². The van der Waals surface area contributed by atoms with E-state index in [-0.39, 0.29) is 5.56 Å². The molecule has 0 spiro atoms. The molecule has 0 aliphatic heterocycles. The maximum atomic E-state index is 12.2. The highest BCUT2D eigenvalue weighted by Gasteiger charge is 2.16. The Labute approximate surface area is 67.7 Å². The molecular formula is C8H5F2NO. The van der Waals surface area contributed by atoms with Crippen LogP contribution in [0.25, 0.3) is 0 Å². The molecule has 4 heteroatoms. The van der Waals surface area contributed by atoms with Crippen LogP contribution in [0.15, 0.2) is 18.2 Å². The Morgan fingerprint density at radius 1 is 1.42 bits per heavy atom. The summed E-state index contributed by atoms with van der Waals surface area (Å²) in [5, 5.41) is 17.4. The molecule has 1 aromatic carbocycles. The lowest BCUT2D eigenvalue weighted by atomic mass is 10.1. The zero-order valence-corrected chi connectivity index (χ0v) is 5.96. The first kappa shape index (κ1) is 8.47. The van der Waals surface area contributed by atoms with E-state index in [9.17, 15) is 8.78 Å². The van der Waals surface area contributed by atoms with Gasteiger partial charge in [-0.25, -0.2) is 8.78 Å². The second-order valence-electron chi connectivity index (χ2n) is 2.15. The van der Waals surface area contributed by atoms with E-state index in [1.807, 2.05) is 0 Å². The summed E-state index contributed by atoms with van der Waals surface area (Å²) in [5.74, 6) is -0.538. The highest BCUT2D eigenvalue weighted by Crippen LogP contribution is 2.30. The maximum absolute atomic E-state index is 12.2. The van der Waals surface area contributed by atoms with Crippen molar-refractivity contribution in [2.24, 2.45) is 0 Å². The summed E-state index contributed by atoms with van der Waals surface area (Å²) in [4.78, 5) is 0. The molecule has 12 heavy (non-hydrogen) atoms. The Hall–Kier alpha value is -1.63. The number of phenolic OH excluding ortho intramolecular Hbond substituents is 1. The van der Waals surface area contributed by atoms with Crippen LogP contribution in [0.5, 0.6) is 5.75 Å². The lowest BCUT2D eigenvalue weighted by Crippen LogP contribution is -1.90. The van der Waals surface area contributed by atoms with Crippen molar-refractivity contribution in [2.45, 2.75) is 6.43 Å². The third-order valence-corrected chi connectivity index (χ3v) is 1.42. The van der Waals surface area contributed by atoms with Crippen molar-refractivity contribution in [3.63, 3.8) is 0 Å². The summed E-state index contributed by atoms with van der Waals surface area (Å²) in [5.41, 5.74) is -0.787. The molecule has 0 atom stereocenters. The number of aromatic hydroxyl groups is 1. The van der Waals surface area contributed by atoms with Gasteiger partial charge in [-0.2, -0.15) is 5.26 Å². The molecule has 0 saturated carbocycles. The SMILES string of the molecule is N#Cc1cccc(O)c1C(F)F. The fraction of sp³-hybridized carbons (Fsp3) is 0.125. The largest absolute Gasteiger partial charge is 0.507 e. The minimum atomic E-state index is -2.82. The van der Waals surface area contributed by atoms with Gasteiger partial charge in [0.05, 0.1) is 17.2 Å². The van der Waals surface area contributed by atoms with E-state index in [1.165, 1.54) is 12.1 Å². The second-order valence-corrected chi connectivity index (χ2v) is 2.15. The molecular weight excluding hydrogens is 164 g/mol. The molecule has 0 fully saturated rings. The Balaban J connectivity index is 3.32. The van der Waals surface area contributed by atoms with Gasteiger partial charge in [0, 0.05) is 0 Å². The average Bonchev–Trinajstić information content (AvgIpc) is 2.03. The quantitative estimate of drug-likeness (QED) is 0.700. The average molecular weight is 169 g/mol. The van der Waals surface area contributed by atoms with Crippen LogP contribution in [-0.2, 0) is 0 Å². The third-order valence-electron chi connectivity index (χ3n) is 1.42. The van der Waals surface area contributed by atoms with Crippen molar-refractivity contribution in [1.82, 2.24) is 0 Å². The standard InChI is InChI=1S/C8H5F2NO/c9-8(10)7-5(4-11)2-1-3-6(7)12/h1-3,8,12H. The number of alkyl halides is 2. The maximum Gasteiger partial charge on any atom is 0.268 e. The molecule has 1 rings (SSSR count). The third kappa shape index (κ3) is 1.35. The molecule has 0 aromatic heterocycles. The van der Waals surface area contributed by atoms with Crippen LogP contribution in [0, 0.1) is 11.3 Å². The Morgan fingerprint density at radius 2 is 2.08 bits per heavy atom. The van der Waals surface area contributed by atoms with E-state index in [0.29, 0.717) is 0 Å². The zero-order valence-electron chi connectivity index (χ0n) is 5.96. The Bertz CT molecular complexity index is 330. The molecule has 0 aliphatic carbocycles. The summed E-state index contributed by atoms with van der Waals surface area (Å²) in [6.45, 7) is 0. The summed E-state index contributed by atoms with van der Waals surface area (Å²) >= 11 is 0. The first-order chi connectivity index (χ1) is 5.66. The molecule has 1 aromatic rings. The molecule has 0 heterocycles. The molecule has 1 N–H and O–H groups in total. The number of benzene rings is 1. The highest BCUT2D eigenvalue weighted by molar-refractivity contribution is 5.46. The lowest BCUT2D eigenvalue weighted by Gasteiger charge is -2.03. The van der Waals surface area contributed by atoms with Crippen molar-refractivity contribution in [2.75, 3.05) is 0 Å². The van der Waals surface area contributed by atoms with Crippen molar-refractivity contribution in [3.8, 4) is 11.8 Å². The fourth-order valence-corrected chi connectivity index (χ4v) is 0.880. The van der Waals surface area contributed by atoms with E-state index in [4.69, 9.17) is 10.4 Å². The summed E-state index contributed by atoms with van der Waals surface area (Å²) in [6.07, 6.45) is -2.82. The van der Waals surface area contributed by atoms with Gasteiger partial charge < -0.3 is 5.11 Å². The number of nitriles is 1. The molecule has 2 nitrogen and oxygen atoms in total. The Kier molecular flexibility index (Phi) is 2.24. The molecule has 0 saturated heterocycles. The number of phenols is 1. The van der Waals surface area contributed by atoms with Gasteiger partial charge in [0.2, 0.25) is 0 Å². The molecule has 62 valence electrons. The normalized spacial score (nSPS) is 9.83. The second kappa shape index (κ2) is 3.18. The van der Waals surface area contributed by atoms with Crippen LogP contribution in [0.1, 0.15) is 17.6 Å². The number of halogens is 2. The number of hydrogen-bond acceptors (Lipinski definition) is 2. The summed E-state index contributed by atoms with van der Waals surface area (Å²) < 4.78 is 24.3. The van der Waals surface area contributed by atoms with Crippen molar-refractivity contribution in [1.29, 1.82) is 5.26 Å². The minimum absolute atomic E-state index is 0.190. The summed E-state index contributed by atoms with van der Waals surface area (Å²) in [6, 6.07) is 5.29. The van der Waals surface area contributed by atoms with Gasteiger partial charge >= 0.3 is 0 Å². The molecule has 0 amide bonds. The van der Waals surface area contributed by atoms with E-state index < -0.39 is 17.7 Å².